The normalized spacial score (nSPS) is 19.6. The molecule has 1 aliphatic rings. The van der Waals surface area contributed by atoms with Crippen LogP contribution in [-0.4, -0.2) is 36.3 Å². The summed E-state index contributed by atoms with van der Waals surface area (Å²) in [7, 11) is 0. The zero-order chi connectivity index (χ0) is 11.0. The van der Waals surface area contributed by atoms with E-state index in [1.807, 2.05) is 11.8 Å². The predicted molar refractivity (Wildman–Crippen MR) is 68.5 cm³/mol. The second-order valence-electron chi connectivity index (χ2n) is 4.59. The van der Waals surface area contributed by atoms with Gasteiger partial charge in [0.1, 0.15) is 0 Å². The Labute approximate surface area is 98.2 Å². The van der Waals surface area contributed by atoms with Gasteiger partial charge in [-0.05, 0) is 37.3 Å². The van der Waals surface area contributed by atoms with E-state index in [2.05, 4.69) is 12.2 Å². The largest absolute Gasteiger partial charge is 0.396 e. The molecular weight excluding hydrogens is 206 g/mol. The third kappa shape index (κ3) is 4.75. The fraction of sp³-hybridized carbons (Fsp3) is 1.00. The summed E-state index contributed by atoms with van der Waals surface area (Å²) < 4.78 is 0. The van der Waals surface area contributed by atoms with Crippen molar-refractivity contribution in [2.45, 2.75) is 39.0 Å². The van der Waals surface area contributed by atoms with Gasteiger partial charge in [0.15, 0.2) is 0 Å². The number of aliphatic hydroxyl groups excluding tert-OH is 1. The van der Waals surface area contributed by atoms with Crippen LogP contribution in [0.4, 0.5) is 0 Å². The van der Waals surface area contributed by atoms with Crippen molar-refractivity contribution in [3.8, 4) is 0 Å². The number of nitrogens with one attached hydrogen (secondary N) is 1. The Morgan fingerprint density at radius 3 is 2.67 bits per heavy atom. The number of hydrogen-bond acceptors (Lipinski definition) is 3. The highest BCUT2D eigenvalue weighted by Crippen LogP contribution is 2.36. The summed E-state index contributed by atoms with van der Waals surface area (Å²) in [5.74, 6) is 2.48. The van der Waals surface area contributed by atoms with E-state index in [9.17, 15) is 5.11 Å². The number of hydrogen-bond donors (Lipinski definition) is 2. The van der Waals surface area contributed by atoms with Crippen molar-refractivity contribution in [1.29, 1.82) is 0 Å². The molecule has 0 saturated heterocycles. The van der Waals surface area contributed by atoms with Crippen LogP contribution in [0.1, 0.15) is 39.0 Å². The summed E-state index contributed by atoms with van der Waals surface area (Å²) in [6.07, 6.45) is 6.27. The average Bonchev–Trinajstić information content (AvgIpc) is 2.73. The average molecular weight is 231 g/mol. The van der Waals surface area contributed by atoms with E-state index in [4.69, 9.17) is 0 Å². The molecule has 0 aromatic heterocycles. The number of thioether (sulfide) groups is 1. The van der Waals surface area contributed by atoms with Gasteiger partial charge in [0, 0.05) is 18.6 Å². The smallest absolute Gasteiger partial charge is 0.0499 e. The Kier molecular flexibility index (Phi) is 6.69. The lowest BCUT2D eigenvalue weighted by Crippen LogP contribution is -2.35. The van der Waals surface area contributed by atoms with Crippen LogP contribution >= 0.6 is 11.8 Å². The van der Waals surface area contributed by atoms with E-state index < -0.39 is 0 Å². The van der Waals surface area contributed by atoms with Crippen molar-refractivity contribution in [2.24, 2.45) is 5.41 Å². The highest BCUT2D eigenvalue weighted by Gasteiger charge is 2.32. The molecule has 90 valence electrons. The quantitative estimate of drug-likeness (QED) is 0.629. The minimum absolute atomic E-state index is 0.220. The van der Waals surface area contributed by atoms with Crippen molar-refractivity contribution in [3.05, 3.63) is 0 Å². The standard InChI is InChI=1S/C12H25NOS/c1-2-15-9-5-8-13-10-12(11-14)6-3-4-7-12/h13-14H,2-11H2,1H3. The minimum Gasteiger partial charge on any atom is -0.396 e. The van der Waals surface area contributed by atoms with Gasteiger partial charge in [-0.2, -0.15) is 11.8 Å². The summed E-state index contributed by atoms with van der Waals surface area (Å²) in [4.78, 5) is 0. The first-order valence-corrected chi connectivity index (χ1v) is 7.38. The molecular formula is C12H25NOS. The Morgan fingerprint density at radius 2 is 2.07 bits per heavy atom. The molecule has 3 heteroatoms. The van der Waals surface area contributed by atoms with Crippen LogP contribution < -0.4 is 5.32 Å². The van der Waals surface area contributed by atoms with E-state index in [0.717, 1.165) is 13.1 Å². The molecule has 0 aromatic carbocycles. The van der Waals surface area contributed by atoms with Crippen LogP contribution in [0, 0.1) is 5.41 Å². The second kappa shape index (κ2) is 7.53. The SMILES string of the molecule is CCSCCCNCC1(CO)CCCC1. The van der Waals surface area contributed by atoms with Gasteiger partial charge in [-0.15, -0.1) is 0 Å². The zero-order valence-corrected chi connectivity index (χ0v) is 10.7. The third-order valence-corrected chi connectivity index (χ3v) is 4.33. The fourth-order valence-corrected chi connectivity index (χ4v) is 2.95. The first kappa shape index (κ1) is 13.3. The van der Waals surface area contributed by atoms with Crippen LogP contribution in [0.5, 0.6) is 0 Å². The molecule has 0 spiro atoms. The van der Waals surface area contributed by atoms with Crippen molar-refractivity contribution in [3.63, 3.8) is 0 Å². The molecule has 0 unspecified atom stereocenters. The molecule has 1 fully saturated rings. The maximum Gasteiger partial charge on any atom is 0.0499 e. The second-order valence-corrected chi connectivity index (χ2v) is 5.99. The molecule has 1 aliphatic carbocycles. The summed E-state index contributed by atoms with van der Waals surface area (Å²) in [5, 5.41) is 12.9. The van der Waals surface area contributed by atoms with Crippen LogP contribution in [-0.2, 0) is 0 Å². The van der Waals surface area contributed by atoms with E-state index in [-0.39, 0.29) is 5.41 Å². The van der Waals surface area contributed by atoms with Gasteiger partial charge < -0.3 is 10.4 Å². The molecule has 0 aromatic rings. The van der Waals surface area contributed by atoms with Gasteiger partial charge in [0.25, 0.3) is 0 Å². The fourth-order valence-electron chi connectivity index (χ4n) is 2.31. The summed E-state index contributed by atoms with van der Waals surface area (Å²) in [6, 6.07) is 0. The van der Waals surface area contributed by atoms with E-state index in [0.29, 0.717) is 6.61 Å². The summed E-state index contributed by atoms with van der Waals surface area (Å²) >= 11 is 2.01. The summed E-state index contributed by atoms with van der Waals surface area (Å²) in [6.45, 7) is 4.69. The molecule has 0 radical (unpaired) electrons. The topological polar surface area (TPSA) is 32.3 Å². The maximum absolute atomic E-state index is 9.41. The molecule has 2 N–H and O–H groups in total. The van der Waals surface area contributed by atoms with E-state index in [1.54, 1.807) is 0 Å². The molecule has 15 heavy (non-hydrogen) atoms. The highest BCUT2D eigenvalue weighted by molar-refractivity contribution is 7.99. The Morgan fingerprint density at radius 1 is 1.33 bits per heavy atom. The van der Waals surface area contributed by atoms with Gasteiger partial charge in [-0.25, -0.2) is 0 Å². The molecule has 0 amide bonds. The number of aliphatic hydroxyl groups is 1. The predicted octanol–water partition coefficient (Wildman–Crippen LogP) is 2.27. The zero-order valence-electron chi connectivity index (χ0n) is 9.93. The van der Waals surface area contributed by atoms with Crippen molar-refractivity contribution in [1.82, 2.24) is 5.32 Å². The lowest BCUT2D eigenvalue weighted by atomic mass is 9.87. The van der Waals surface area contributed by atoms with Gasteiger partial charge in [0.05, 0.1) is 0 Å². The number of rotatable bonds is 8. The molecule has 0 bridgehead atoms. The maximum atomic E-state index is 9.41. The molecule has 0 atom stereocenters. The molecule has 1 rings (SSSR count). The van der Waals surface area contributed by atoms with Gasteiger partial charge >= 0.3 is 0 Å². The lowest BCUT2D eigenvalue weighted by molar-refractivity contribution is 0.128. The first-order valence-electron chi connectivity index (χ1n) is 6.22. The molecule has 2 nitrogen and oxygen atoms in total. The van der Waals surface area contributed by atoms with E-state index in [1.165, 1.54) is 43.6 Å². The van der Waals surface area contributed by atoms with Crippen LogP contribution in [0.15, 0.2) is 0 Å². The third-order valence-electron chi connectivity index (χ3n) is 3.35. The van der Waals surface area contributed by atoms with Gasteiger partial charge in [-0.1, -0.05) is 19.8 Å². The summed E-state index contributed by atoms with van der Waals surface area (Å²) in [5.41, 5.74) is 0.220. The monoisotopic (exact) mass is 231 g/mol. The van der Waals surface area contributed by atoms with Crippen LogP contribution in [0.2, 0.25) is 0 Å². The van der Waals surface area contributed by atoms with Crippen molar-refractivity contribution < 1.29 is 5.11 Å². The first-order chi connectivity index (χ1) is 7.33. The Balaban J connectivity index is 2.02. The highest BCUT2D eigenvalue weighted by atomic mass is 32.2. The minimum atomic E-state index is 0.220. The van der Waals surface area contributed by atoms with Crippen LogP contribution in [0.25, 0.3) is 0 Å². The van der Waals surface area contributed by atoms with Crippen molar-refractivity contribution >= 4 is 11.8 Å². The van der Waals surface area contributed by atoms with Crippen LogP contribution in [0.3, 0.4) is 0 Å². The Bertz CT molecular complexity index is 158. The van der Waals surface area contributed by atoms with E-state index >= 15 is 0 Å². The molecule has 1 saturated carbocycles. The molecule has 0 aliphatic heterocycles. The Hall–Kier alpha value is 0.270. The molecule has 0 heterocycles. The lowest BCUT2D eigenvalue weighted by Gasteiger charge is -2.26. The van der Waals surface area contributed by atoms with Crippen molar-refractivity contribution in [2.75, 3.05) is 31.2 Å². The van der Waals surface area contributed by atoms with Gasteiger partial charge in [0.2, 0.25) is 0 Å². The van der Waals surface area contributed by atoms with Gasteiger partial charge in [-0.3, -0.25) is 0 Å².